The third-order valence-electron chi connectivity index (χ3n) is 2.33. The van der Waals surface area contributed by atoms with E-state index in [2.05, 4.69) is 5.92 Å². The Morgan fingerprint density at radius 3 is 2.56 bits per heavy atom. The average Bonchev–Trinajstić information content (AvgIpc) is 2.62. The van der Waals surface area contributed by atoms with E-state index in [1.54, 1.807) is 20.8 Å². The first kappa shape index (κ1) is 12.6. The first-order chi connectivity index (χ1) is 7.35. The van der Waals surface area contributed by atoms with E-state index in [-0.39, 0.29) is 5.78 Å². The van der Waals surface area contributed by atoms with Crippen LogP contribution in [0.3, 0.4) is 0 Å². The van der Waals surface area contributed by atoms with E-state index in [0.717, 1.165) is 6.42 Å². The maximum atomic E-state index is 11.8. The van der Waals surface area contributed by atoms with Crippen molar-refractivity contribution in [2.24, 2.45) is 0 Å². The third kappa shape index (κ3) is 2.99. The number of rotatable bonds is 1. The zero-order valence-electron chi connectivity index (χ0n) is 9.95. The van der Waals surface area contributed by atoms with E-state index < -0.39 is 17.7 Å². The maximum absolute atomic E-state index is 11.8. The van der Waals surface area contributed by atoms with Crippen molar-refractivity contribution in [1.82, 2.24) is 4.90 Å². The Labute approximate surface area is 95.9 Å². The molecule has 1 atom stereocenters. The van der Waals surface area contributed by atoms with Crippen molar-refractivity contribution in [1.29, 1.82) is 0 Å². The Morgan fingerprint density at radius 1 is 1.44 bits per heavy atom. The number of amides is 1. The van der Waals surface area contributed by atoms with Gasteiger partial charge in [-0.15, -0.1) is 6.42 Å². The summed E-state index contributed by atoms with van der Waals surface area (Å²) in [5.74, 6) is 1.72. The highest BCUT2D eigenvalue weighted by molar-refractivity contribution is 6.00. The van der Waals surface area contributed by atoms with Crippen LogP contribution in [0.5, 0.6) is 0 Å². The molecule has 0 unspecified atom stereocenters. The molecule has 0 spiro atoms. The second-order valence-electron chi connectivity index (χ2n) is 4.84. The second kappa shape index (κ2) is 4.56. The number of terminal acetylenes is 1. The molecule has 0 aromatic carbocycles. The minimum Gasteiger partial charge on any atom is -0.444 e. The minimum absolute atomic E-state index is 0.344. The molecular weight excluding hydrogens is 206 g/mol. The lowest BCUT2D eigenvalue weighted by molar-refractivity contribution is -0.117. The standard InChI is InChI=1S/C12H17NO3/c1-5-10(14)9-7-6-8-13(9)11(15)16-12(2,3)4/h1,9H,6-8H2,2-4H3/t9-/m0/s1. The van der Waals surface area contributed by atoms with Gasteiger partial charge in [-0.25, -0.2) is 4.79 Å². The number of ether oxygens (including phenoxy) is 1. The molecule has 1 saturated heterocycles. The number of hydrogen-bond acceptors (Lipinski definition) is 3. The number of carbonyl (C=O) groups is 2. The monoisotopic (exact) mass is 223 g/mol. The van der Waals surface area contributed by atoms with Crippen LogP contribution in [0.4, 0.5) is 4.79 Å². The molecule has 1 heterocycles. The molecule has 0 aromatic rings. The van der Waals surface area contributed by atoms with Crippen molar-refractivity contribution in [3.8, 4) is 12.3 Å². The Bertz CT molecular complexity index is 335. The van der Waals surface area contributed by atoms with Crippen LogP contribution >= 0.6 is 0 Å². The Kier molecular flexibility index (Phi) is 3.58. The summed E-state index contributed by atoms with van der Waals surface area (Å²) in [6.45, 7) is 5.91. The van der Waals surface area contributed by atoms with Crippen molar-refractivity contribution in [3.05, 3.63) is 0 Å². The fourth-order valence-electron chi connectivity index (χ4n) is 1.67. The Morgan fingerprint density at radius 2 is 2.06 bits per heavy atom. The van der Waals surface area contributed by atoms with Crippen molar-refractivity contribution in [3.63, 3.8) is 0 Å². The molecule has 16 heavy (non-hydrogen) atoms. The molecular formula is C12H17NO3. The highest BCUT2D eigenvalue weighted by atomic mass is 16.6. The molecule has 1 aliphatic rings. The highest BCUT2D eigenvalue weighted by Crippen LogP contribution is 2.21. The zero-order valence-corrected chi connectivity index (χ0v) is 9.95. The van der Waals surface area contributed by atoms with Crippen LogP contribution in [-0.4, -0.2) is 35.0 Å². The van der Waals surface area contributed by atoms with Crippen LogP contribution < -0.4 is 0 Å². The number of likely N-dealkylation sites (tertiary alicyclic amines) is 1. The van der Waals surface area contributed by atoms with Gasteiger partial charge in [0, 0.05) is 6.54 Å². The smallest absolute Gasteiger partial charge is 0.410 e. The molecule has 1 rings (SSSR count). The van der Waals surface area contributed by atoms with E-state index in [4.69, 9.17) is 11.2 Å². The van der Waals surface area contributed by atoms with Gasteiger partial charge in [0.2, 0.25) is 5.78 Å². The fourth-order valence-corrected chi connectivity index (χ4v) is 1.67. The molecule has 0 saturated carbocycles. The van der Waals surface area contributed by atoms with E-state index in [0.29, 0.717) is 13.0 Å². The number of hydrogen-bond donors (Lipinski definition) is 0. The fraction of sp³-hybridized carbons (Fsp3) is 0.667. The van der Waals surface area contributed by atoms with Gasteiger partial charge in [0.25, 0.3) is 0 Å². The summed E-state index contributed by atoms with van der Waals surface area (Å²) in [6, 6.07) is -0.500. The number of Topliss-reactive ketones (excluding diaryl/α,β-unsaturated/α-hetero) is 1. The molecule has 0 aliphatic carbocycles. The lowest BCUT2D eigenvalue weighted by Gasteiger charge is -2.27. The van der Waals surface area contributed by atoms with Crippen LogP contribution in [-0.2, 0) is 9.53 Å². The van der Waals surface area contributed by atoms with Crippen LogP contribution in [0.1, 0.15) is 33.6 Å². The number of carbonyl (C=O) groups excluding carboxylic acids is 2. The van der Waals surface area contributed by atoms with Crippen molar-refractivity contribution < 1.29 is 14.3 Å². The first-order valence-corrected chi connectivity index (χ1v) is 5.35. The van der Waals surface area contributed by atoms with Crippen molar-refractivity contribution >= 4 is 11.9 Å². The predicted molar refractivity (Wildman–Crippen MR) is 59.8 cm³/mol. The number of ketones is 1. The summed E-state index contributed by atoms with van der Waals surface area (Å²) >= 11 is 0. The molecule has 1 fully saturated rings. The summed E-state index contributed by atoms with van der Waals surface area (Å²) < 4.78 is 5.21. The average molecular weight is 223 g/mol. The molecule has 0 radical (unpaired) electrons. The molecule has 0 aromatic heterocycles. The highest BCUT2D eigenvalue weighted by Gasteiger charge is 2.35. The van der Waals surface area contributed by atoms with E-state index in [1.807, 2.05) is 0 Å². The van der Waals surface area contributed by atoms with E-state index >= 15 is 0 Å². The van der Waals surface area contributed by atoms with Crippen LogP contribution in [0.15, 0.2) is 0 Å². The minimum atomic E-state index is -0.552. The van der Waals surface area contributed by atoms with E-state index in [9.17, 15) is 9.59 Å². The van der Waals surface area contributed by atoms with Crippen LogP contribution in [0, 0.1) is 12.3 Å². The van der Waals surface area contributed by atoms with Gasteiger partial charge in [-0.2, -0.15) is 0 Å². The van der Waals surface area contributed by atoms with Gasteiger partial charge in [0.15, 0.2) is 0 Å². The summed E-state index contributed by atoms with van der Waals surface area (Å²) in [5.41, 5.74) is -0.552. The van der Waals surface area contributed by atoms with Gasteiger partial charge >= 0.3 is 6.09 Å². The molecule has 1 aliphatic heterocycles. The quantitative estimate of drug-likeness (QED) is 0.501. The van der Waals surface area contributed by atoms with Gasteiger partial charge in [0.1, 0.15) is 11.6 Å². The predicted octanol–water partition coefficient (Wildman–Crippen LogP) is 1.59. The number of nitrogens with zero attached hydrogens (tertiary/aromatic N) is 1. The summed E-state index contributed by atoms with van der Waals surface area (Å²) in [6.07, 6.45) is 6.02. The molecule has 88 valence electrons. The molecule has 4 nitrogen and oxygen atoms in total. The van der Waals surface area contributed by atoms with Gasteiger partial charge in [-0.1, -0.05) is 0 Å². The largest absolute Gasteiger partial charge is 0.444 e. The van der Waals surface area contributed by atoms with Gasteiger partial charge in [-0.3, -0.25) is 9.69 Å². The van der Waals surface area contributed by atoms with Crippen LogP contribution in [0.2, 0.25) is 0 Å². The van der Waals surface area contributed by atoms with Gasteiger partial charge in [0.05, 0.1) is 0 Å². The lowest BCUT2D eigenvalue weighted by atomic mass is 10.1. The Hall–Kier alpha value is -1.50. The SMILES string of the molecule is C#CC(=O)[C@@H]1CCCN1C(=O)OC(C)(C)C. The molecule has 1 amide bonds. The Balaban J connectivity index is 2.69. The topological polar surface area (TPSA) is 46.6 Å². The lowest BCUT2D eigenvalue weighted by Crippen LogP contribution is -2.43. The van der Waals surface area contributed by atoms with Gasteiger partial charge in [-0.05, 0) is 39.5 Å². The first-order valence-electron chi connectivity index (χ1n) is 5.35. The molecule has 0 bridgehead atoms. The van der Waals surface area contributed by atoms with Crippen molar-refractivity contribution in [2.45, 2.75) is 45.3 Å². The van der Waals surface area contributed by atoms with Crippen LogP contribution in [0.25, 0.3) is 0 Å². The zero-order chi connectivity index (χ0) is 12.3. The van der Waals surface area contributed by atoms with E-state index in [1.165, 1.54) is 4.90 Å². The summed E-state index contributed by atoms with van der Waals surface area (Å²) in [4.78, 5) is 24.6. The normalized spacial score (nSPS) is 20.4. The second-order valence-corrected chi connectivity index (χ2v) is 4.84. The summed E-state index contributed by atoms with van der Waals surface area (Å²) in [5, 5.41) is 0. The third-order valence-corrected chi connectivity index (χ3v) is 2.33. The van der Waals surface area contributed by atoms with Crippen molar-refractivity contribution in [2.75, 3.05) is 6.54 Å². The van der Waals surface area contributed by atoms with Gasteiger partial charge < -0.3 is 4.74 Å². The maximum Gasteiger partial charge on any atom is 0.410 e. The molecule has 4 heteroatoms. The molecule has 0 N–H and O–H groups in total. The summed E-state index contributed by atoms with van der Waals surface area (Å²) in [7, 11) is 0.